The minimum atomic E-state index is -0.651. The molecule has 0 spiro atoms. The molecule has 0 radical (unpaired) electrons. The standard InChI is InChI=1S/C24H23NO5/c1-28-19-12-13-20(22(15-19)29-2)24(27)30-16-23(26)25-21-11-7-6-10-18(21)14-17-8-4-3-5-9-17/h3-13,15H,14,16H2,1-2H3,(H,25,26). The zero-order valence-electron chi connectivity index (χ0n) is 16.9. The number of methoxy groups -OCH3 is 2. The number of nitrogens with one attached hydrogen (secondary N) is 1. The van der Waals surface area contributed by atoms with Gasteiger partial charge in [-0.2, -0.15) is 0 Å². The average Bonchev–Trinajstić information content (AvgIpc) is 2.79. The lowest BCUT2D eigenvalue weighted by Crippen LogP contribution is -2.21. The van der Waals surface area contributed by atoms with E-state index in [0.717, 1.165) is 11.1 Å². The Morgan fingerprint density at radius 1 is 0.867 bits per heavy atom. The van der Waals surface area contributed by atoms with E-state index in [1.807, 2.05) is 54.6 Å². The number of carbonyl (C=O) groups excluding carboxylic acids is 2. The summed E-state index contributed by atoms with van der Waals surface area (Å²) in [4.78, 5) is 24.7. The quantitative estimate of drug-likeness (QED) is 0.572. The first kappa shape index (κ1) is 20.9. The van der Waals surface area contributed by atoms with E-state index in [2.05, 4.69) is 5.32 Å². The summed E-state index contributed by atoms with van der Waals surface area (Å²) < 4.78 is 15.5. The third-order valence-electron chi connectivity index (χ3n) is 4.49. The van der Waals surface area contributed by atoms with Crippen LogP contribution in [0.1, 0.15) is 21.5 Å². The number of anilines is 1. The Hall–Kier alpha value is -3.80. The lowest BCUT2D eigenvalue weighted by atomic mass is 10.0. The number of ether oxygens (including phenoxy) is 3. The highest BCUT2D eigenvalue weighted by Gasteiger charge is 2.17. The van der Waals surface area contributed by atoms with E-state index in [1.165, 1.54) is 20.3 Å². The van der Waals surface area contributed by atoms with Crippen molar-refractivity contribution in [1.82, 2.24) is 0 Å². The van der Waals surface area contributed by atoms with Crippen molar-refractivity contribution in [2.75, 3.05) is 26.1 Å². The Bertz CT molecular complexity index is 1020. The highest BCUT2D eigenvalue weighted by atomic mass is 16.5. The van der Waals surface area contributed by atoms with Gasteiger partial charge in [0.1, 0.15) is 17.1 Å². The van der Waals surface area contributed by atoms with Gasteiger partial charge < -0.3 is 19.5 Å². The summed E-state index contributed by atoms with van der Waals surface area (Å²) in [6.45, 7) is -0.409. The monoisotopic (exact) mass is 405 g/mol. The van der Waals surface area contributed by atoms with E-state index in [4.69, 9.17) is 14.2 Å². The molecule has 0 aliphatic carbocycles. The average molecular weight is 405 g/mol. The van der Waals surface area contributed by atoms with Crippen LogP contribution in [0.25, 0.3) is 0 Å². The molecule has 30 heavy (non-hydrogen) atoms. The number of para-hydroxylation sites is 1. The van der Waals surface area contributed by atoms with Crippen LogP contribution in [0, 0.1) is 0 Å². The number of carbonyl (C=O) groups is 2. The topological polar surface area (TPSA) is 73.9 Å². The summed E-state index contributed by atoms with van der Waals surface area (Å²) in [6.07, 6.45) is 0.681. The molecular weight excluding hydrogens is 382 g/mol. The van der Waals surface area contributed by atoms with Crippen molar-refractivity contribution < 1.29 is 23.8 Å². The molecule has 0 aromatic heterocycles. The highest BCUT2D eigenvalue weighted by Crippen LogP contribution is 2.25. The van der Waals surface area contributed by atoms with Gasteiger partial charge >= 0.3 is 5.97 Å². The van der Waals surface area contributed by atoms with Crippen LogP contribution in [0.3, 0.4) is 0 Å². The van der Waals surface area contributed by atoms with E-state index in [9.17, 15) is 9.59 Å². The molecule has 0 heterocycles. The number of hydrogen-bond donors (Lipinski definition) is 1. The largest absolute Gasteiger partial charge is 0.497 e. The Morgan fingerprint density at radius 2 is 1.60 bits per heavy atom. The molecule has 6 nitrogen and oxygen atoms in total. The van der Waals surface area contributed by atoms with Crippen LogP contribution in [0.15, 0.2) is 72.8 Å². The van der Waals surface area contributed by atoms with Crippen LogP contribution in [0.4, 0.5) is 5.69 Å². The van der Waals surface area contributed by atoms with Gasteiger partial charge in [0.2, 0.25) is 0 Å². The predicted molar refractivity (Wildman–Crippen MR) is 114 cm³/mol. The number of amides is 1. The minimum Gasteiger partial charge on any atom is -0.497 e. The van der Waals surface area contributed by atoms with Crippen molar-refractivity contribution in [3.63, 3.8) is 0 Å². The number of hydrogen-bond acceptors (Lipinski definition) is 5. The molecule has 3 aromatic rings. The maximum absolute atomic E-state index is 12.4. The zero-order chi connectivity index (χ0) is 21.3. The SMILES string of the molecule is COc1ccc(C(=O)OCC(=O)Nc2ccccc2Cc2ccccc2)c(OC)c1. The fraction of sp³-hybridized carbons (Fsp3) is 0.167. The van der Waals surface area contributed by atoms with Crippen LogP contribution in [-0.4, -0.2) is 32.7 Å². The third-order valence-corrected chi connectivity index (χ3v) is 4.49. The summed E-state index contributed by atoms with van der Waals surface area (Å²) in [5, 5.41) is 2.82. The van der Waals surface area contributed by atoms with E-state index >= 15 is 0 Å². The maximum Gasteiger partial charge on any atom is 0.342 e. The lowest BCUT2D eigenvalue weighted by Gasteiger charge is -2.12. The molecule has 0 bridgehead atoms. The van der Waals surface area contributed by atoms with Crippen molar-refractivity contribution in [2.24, 2.45) is 0 Å². The van der Waals surface area contributed by atoms with E-state index in [-0.39, 0.29) is 5.56 Å². The maximum atomic E-state index is 12.4. The predicted octanol–water partition coefficient (Wildman–Crippen LogP) is 4.09. The highest BCUT2D eigenvalue weighted by molar-refractivity contribution is 5.97. The van der Waals surface area contributed by atoms with E-state index in [1.54, 1.807) is 12.1 Å². The van der Waals surface area contributed by atoms with Gasteiger partial charge in [-0.25, -0.2) is 4.79 Å². The van der Waals surface area contributed by atoms with Crippen LogP contribution < -0.4 is 14.8 Å². The second-order valence-corrected chi connectivity index (χ2v) is 6.51. The second kappa shape index (κ2) is 10.1. The van der Waals surface area contributed by atoms with E-state index < -0.39 is 18.5 Å². The van der Waals surface area contributed by atoms with Crippen LogP contribution in [-0.2, 0) is 16.0 Å². The van der Waals surface area contributed by atoms with Crippen LogP contribution >= 0.6 is 0 Å². The number of esters is 1. The van der Waals surface area contributed by atoms with Crippen molar-refractivity contribution in [3.05, 3.63) is 89.5 Å². The molecular formula is C24H23NO5. The van der Waals surface area contributed by atoms with Crippen molar-refractivity contribution in [1.29, 1.82) is 0 Å². The Labute approximate surface area is 175 Å². The number of rotatable bonds is 8. The van der Waals surface area contributed by atoms with Crippen molar-refractivity contribution in [3.8, 4) is 11.5 Å². The van der Waals surface area contributed by atoms with Crippen LogP contribution in [0.5, 0.6) is 11.5 Å². The minimum absolute atomic E-state index is 0.218. The van der Waals surface area contributed by atoms with Gasteiger partial charge in [-0.1, -0.05) is 48.5 Å². The molecule has 0 unspecified atom stereocenters. The fourth-order valence-electron chi connectivity index (χ4n) is 2.97. The van der Waals surface area contributed by atoms with Gasteiger partial charge in [-0.15, -0.1) is 0 Å². The first-order chi connectivity index (χ1) is 14.6. The van der Waals surface area contributed by atoms with Gasteiger partial charge in [-0.05, 0) is 35.7 Å². The molecule has 6 heteroatoms. The molecule has 154 valence electrons. The molecule has 0 saturated carbocycles. The smallest absolute Gasteiger partial charge is 0.342 e. The van der Waals surface area contributed by atoms with Gasteiger partial charge in [0, 0.05) is 11.8 Å². The van der Waals surface area contributed by atoms with Crippen molar-refractivity contribution >= 4 is 17.6 Å². The summed E-state index contributed by atoms with van der Waals surface area (Å²) in [6, 6.07) is 22.3. The molecule has 1 amide bonds. The van der Waals surface area contributed by atoms with Gasteiger partial charge in [0.15, 0.2) is 6.61 Å². The first-order valence-electron chi connectivity index (χ1n) is 9.41. The fourth-order valence-corrected chi connectivity index (χ4v) is 2.97. The summed E-state index contributed by atoms with van der Waals surface area (Å²) in [5.74, 6) is -0.206. The molecule has 0 aliphatic heterocycles. The van der Waals surface area contributed by atoms with Gasteiger partial charge in [-0.3, -0.25) is 4.79 Å². The van der Waals surface area contributed by atoms with Gasteiger partial charge in [0.05, 0.1) is 14.2 Å². The molecule has 0 atom stereocenters. The molecule has 0 saturated heterocycles. The Kier molecular flexibility index (Phi) is 7.05. The third kappa shape index (κ3) is 5.38. The molecule has 0 aliphatic rings. The lowest BCUT2D eigenvalue weighted by molar-refractivity contribution is -0.119. The van der Waals surface area contributed by atoms with Gasteiger partial charge in [0.25, 0.3) is 5.91 Å². The van der Waals surface area contributed by atoms with E-state index in [0.29, 0.717) is 23.6 Å². The summed E-state index contributed by atoms with van der Waals surface area (Å²) in [5.41, 5.74) is 3.01. The normalized spacial score (nSPS) is 10.2. The Balaban J connectivity index is 1.62. The molecule has 3 aromatic carbocycles. The van der Waals surface area contributed by atoms with Crippen molar-refractivity contribution in [2.45, 2.75) is 6.42 Å². The van der Waals surface area contributed by atoms with Crippen LogP contribution in [0.2, 0.25) is 0 Å². The first-order valence-corrected chi connectivity index (χ1v) is 9.41. The molecule has 3 rings (SSSR count). The number of benzene rings is 3. The second-order valence-electron chi connectivity index (χ2n) is 6.51. The summed E-state index contributed by atoms with van der Waals surface area (Å²) >= 11 is 0. The molecule has 0 fully saturated rings. The zero-order valence-corrected chi connectivity index (χ0v) is 16.9. The Morgan fingerprint density at radius 3 is 2.33 bits per heavy atom. The molecule has 1 N–H and O–H groups in total. The summed E-state index contributed by atoms with van der Waals surface area (Å²) in [7, 11) is 2.97.